The highest BCUT2D eigenvalue weighted by molar-refractivity contribution is 6.30. The van der Waals surface area contributed by atoms with Crippen LogP contribution in [-0.2, 0) is 4.79 Å². The van der Waals surface area contributed by atoms with E-state index in [9.17, 15) is 14.9 Å². The van der Waals surface area contributed by atoms with E-state index in [1.807, 2.05) is 0 Å². The van der Waals surface area contributed by atoms with Crippen LogP contribution in [0.4, 0.5) is 5.69 Å². The lowest BCUT2D eigenvalue weighted by Crippen LogP contribution is -2.30. The highest BCUT2D eigenvalue weighted by Crippen LogP contribution is 2.31. The van der Waals surface area contributed by atoms with Crippen LogP contribution in [0.1, 0.15) is 13.8 Å². The van der Waals surface area contributed by atoms with Crippen molar-refractivity contribution in [3.63, 3.8) is 0 Å². The van der Waals surface area contributed by atoms with Crippen molar-refractivity contribution in [1.29, 1.82) is 0 Å². The summed E-state index contributed by atoms with van der Waals surface area (Å²) in [5.41, 5.74) is -1.39. The molecule has 98 valence electrons. The van der Waals surface area contributed by atoms with Crippen LogP contribution < -0.4 is 4.74 Å². The lowest BCUT2D eigenvalue weighted by molar-refractivity contribution is -0.385. The molecule has 1 aromatic carbocycles. The second-order valence-electron chi connectivity index (χ2n) is 4.35. The first-order chi connectivity index (χ1) is 8.24. The van der Waals surface area contributed by atoms with Crippen molar-refractivity contribution in [3.8, 4) is 5.75 Å². The topological polar surface area (TPSA) is 89.7 Å². The number of nitro groups is 1. The summed E-state index contributed by atoms with van der Waals surface area (Å²) in [7, 11) is 0. The Bertz CT molecular complexity index is 486. The van der Waals surface area contributed by atoms with Crippen molar-refractivity contribution in [2.45, 2.75) is 13.8 Å². The number of hydrogen-bond donors (Lipinski definition) is 1. The Morgan fingerprint density at radius 2 is 2.17 bits per heavy atom. The van der Waals surface area contributed by atoms with Gasteiger partial charge in [0.15, 0.2) is 5.75 Å². The summed E-state index contributed by atoms with van der Waals surface area (Å²) in [4.78, 5) is 21.0. The average Bonchev–Trinajstić information content (AvgIpc) is 2.26. The molecule has 0 aliphatic heterocycles. The zero-order valence-electron chi connectivity index (χ0n) is 9.84. The number of nitrogens with zero attached hydrogens (tertiary/aromatic N) is 1. The van der Waals surface area contributed by atoms with Gasteiger partial charge in [0.2, 0.25) is 0 Å². The third kappa shape index (κ3) is 3.33. The second-order valence-corrected chi connectivity index (χ2v) is 4.78. The molecule has 0 amide bonds. The fourth-order valence-electron chi connectivity index (χ4n) is 1.07. The summed E-state index contributed by atoms with van der Waals surface area (Å²) in [5.74, 6) is -1.09. The minimum absolute atomic E-state index is 0.0400. The van der Waals surface area contributed by atoms with Crippen LogP contribution in [-0.4, -0.2) is 22.6 Å². The molecule has 0 atom stereocenters. The first kappa shape index (κ1) is 14.2. The smallest absolute Gasteiger partial charge is 0.312 e. The zero-order chi connectivity index (χ0) is 13.9. The van der Waals surface area contributed by atoms with Crippen LogP contribution in [0.5, 0.6) is 5.75 Å². The van der Waals surface area contributed by atoms with Gasteiger partial charge in [-0.1, -0.05) is 11.6 Å². The first-order valence-electron chi connectivity index (χ1n) is 5.04. The van der Waals surface area contributed by atoms with Gasteiger partial charge in [0.1, 0.15) is 6.61 Å². The number of halogens is 1. The standard InChI is InChI=1S/C11H12ClNO5/c1-11(2,10(14)15)6-18-9-5-7(12)3-4-8(9)13(16)17/h3-5H,6H2,1-2H3,(H,14,15). The number of nitro benzene ring substituents is 1. The van der Waals surface area contributed by atoms with Gasteiger partial charge in [-0.3, -0.25) is 14.9 Å². The van der Waals surface area contributed by atoms with Gasteiger partial charge in [0, 0.05) is 17.2 Å². The predicted molar refractivity (Wildman–Crippen MR) is 65.0 cm³/mol. The second kappa shape index (κ2) is 5.22. The van der Waals surface area contributed by atoms with E-state index >= 15 is 0 Å². The molecule has 0 heterocycles. The number of benzene rings is 1. The largest absolute Gasteiger partial charge is 0.486 e. The Balaban J connectivity index is 2.94. The number of carboxylic acid groups (broad SMARTS) is 1. The van der Waals surface area contributed by atoms with Crippen molar-refractivity contribution >= 4 is 23.3 Å². The molecule has 0 spiro atoms. The SMILES string of the molecule is CC(C)(COc1cc(Cl)ccc1[N+](=O)[O-])C(=O)O. The average molecular weight is 274 g/mol. The third-order valence-corrected chi connectivity index (χ3v) is 2.52. The highest BCUT2D eigenvalue weighted by Gasteiger charge is 2.29. The van der Waals surface area contributed by atoms with Crippen molar-refractivity contribution < 1.29 is 19.6 Å². The predicted octanol–water partition coefficient (Wildman–Crippen LogP) is 2.74. The van der Waals surface area contributed by atoms with E-state index in [2.05, 4.69) is 0 Å². The normalized spacial score (nSPS) is 11.1. The molecule has 0 aliphatic carbocycles. The van der Waals surface area contributed by atoms with Crippen molar-refractivity contribution in [3.05, 3.63) is 33.3 Å². The Kier molecular flexibility index (Phi) is 4.13. The molecule has 1 aromatic rings. The monoisotopic (exact) mass is 273 g/mol. The Labute approximate surface area is 108 Å². The van der Waals surface area contributed by atoms with Gasteiger partial charge in [0.05, 0.1) is 10.3 Å². The molecular weight excluding hydrogens is 262 g/mol. The molecule has 0 saturated carbocycles. The molecule has 0 fully saturated rings. The van der Waals surface area contributed by atoms with Gasteiger partial charge in [-0.05, 0) is 19.9 Å². The van der Waals surface area contributed by atoms with E-state index in [0.29, 0.717) is 0 Å². The van der Waals surface area contributed by atoms with E-state index in [1.54, 1.807) is 0 Å². The van der Waals surface area contributed by atoms with Crippen LogP contribution in [0, 0.1) is 15.5 Å². The zero-order valence-corrected chi connectivity index (χ0v) is 10.6. The van der Waals surface area contributed by atoms with Crippen LogP contribution >= 0.6 is 11.6 Å². The van der Waals surface area contributed by atoms with E-state index in [1.165, 1.54) is 32.0 Å². The number of carboxylic acids is 1. The van der Waals surface area contributed by atoms with Crippen LogP contribution in [0.15, 0.2) is 18.2 Å². The lowest BCUT2D eigenvalue weighted by Gasteiger charge is -2.19. The Hall–Kier alpha value is -1.82. The lowest BCUT2D eigenvalue weighted by atomic mass is 9.95. The minimum Gasteiger partial charge on any atom is -0.486 e. The number of hydrogen-bond acceptors (Lipinski definition) is 4. The molecule has 0 aromatic heterocycles. The van der Waals surface area contributed by atoms with E-state index in [-0.39, 0.29) is 23.1 Å². The number of ether oxygens (including phenoxy) is 1. The van der Waals surface area contributed by atoms with Gasteiger partial charge >= 0.3 is 11.7 Å². The number of carbonyl (C=O) groups is 1. The maximum absolute atomic E-state index is 10.9. The summed E-state index contributed by atoms with van der Waals surface area (Å²) in [6.07, 6.45) is 0. The summed E-state index contributed by atoms with van der Waals surface area (Å²) < 4.78 is 5.20. The quantitative estimate of drug-likeness (QED) is 0.658. The van der Waals surface area contributed by atoms with Gasteiger partial charge in [-0.2, -0.15) is 0 Å². The maximum Gasteiger partial charge on any atom is 0.312 e. The van der Waals surface area contributed by atoms with Crippen molar-refractivity contribution in [1.82, 2.24) is 0 Å². The van der Waals surface area contributed by atoms with Gasteiger partial charge in [0.25, 0.3) is 0 Å². The molecular formula is C11H12ClNO5. The fourth-order valence-corrected chi connectivity index (χ4v) is 1.24. The van der Waals surface area contributed by atoms with Gasteiger partial charge < -0.3 is 9.84 Å². The van der Waals surface area contributed by atoms with E-state index < -0.39 is 16.3 Å². The van der Waals surface area contributed by atoms with Crippen LogP contribution in [0.2, 0.25) is 5.02 Å². The molecule has 7 heteroatoms. The minimum atomic E-state index is -1.14. The number of rotatable bonds is 5. The summed E-state index contributed by atoms with van der Waals surface area (Å²) in [5, 5.41) is 20.0. The molecule has 0 saturated heterocycles. The summed E-state index contributed by atoms with van der Waals surface area (Å²) in [6, 6.07) is 3.87. The van der Waals surface area contributed by atoms with Crippen LogP contribution in [0.25, 0.3) is 0 Å². The molecule has 1 N–H and O–H groups in total. The molecule has 0 bridgehead atoms. The Morgan fingerprint density at radius 1 is 1.56 bits per heavy atom. The highest BCUT2D eigenvalue weighted by atomic mass is 35.5. The fraction of sp³-hybridized carbons (Fsp3) is 0.364. The first-order valence-corrected chi connectivity index (χ1v) is 5.42. The molecule has 0 radical (unpaired) electrons. The summed E-state index contributed by atoms with van der Waals surface area (Å²) in [6.45, 7) is 2.74. The third-order valence-electron chi connectivity index (χ3n) is 2.29. The molecule has 0 aliphatic rings. The van der Waals surface area contributed by atoms with Crippen molar-refractivity contribution in [2.24, 2.45) is 5.41 Å². The van der Waals surface area contributed by atoms with Crippen LogP contribution in [0.3, 0.4) is 0 Å². The molecule has 1 rings (SSSR count). The molecule has 18 heavy (non-hydrogen) atoms. The molecule has 6 nitrogen and oxygen atoms in total. The van der Waals surface area contributed by atoms with Gasteiger partial charge in [-0.25, -0.2) is 0 Å². The van der Waals surface area contributed by atoms with E-state index in [0.717, 1.165) is 0 Å². The summed E-state index contributed by atoms with van der Waals surface area (Å²) >= 11 is 5.72. The maximum atomic E-state index is 10.9. The van der Waals surface area contributed by atoms with Gasteiger partial charge in [-0.15, -0.1) is 0 Å². The Morgan fingerprint density at radius 3 is 2.67 bits per heavy atom. The van der Waals surface area contributed by atoms with E-state index in [4.69, 9.17) is 21.4 Å². The molecule has 0 unspecified atom stereocenters. The number of aliphatic carboxylic acids is 1. The van der Waals surface area contributed by atoms with Crippen molar-refractivity contribution in [2.75, 3.05) is 6.61 Å².